The highest BCUT2D eigenvalue weighted by molar-refractivity contribution is 5.96. The molecule has 2 N–H and O–H groups in total. The maximum absolute atomic E-state index is 11.7. The second kappa shape index (κ2) is 5.82. The normalized spacial score (nSPS) is 9.12. The Hall–Kier alpha value is -1.95. The standard InChI is InChI=1S/C13H15NO2/c1-3-4-5-8-14-13(16)11-9-10(2)6-7-12(11)15/h6-7,9,15H,5,8H2,1-2H3,(H,14,16). The van der Waals surface area contributed by atoms with Crippen LogP contribution in [0.3, 0.4) is 0 Å². The van der Waals surface area contributed by atoms with E-state index < -0.39 is 0 Å². The molecule has 0 aliphatic rings. The summed E-state index contributed by atoms with van der Waals surface area (Å²) in [5.74, 6) is 5.34. The Morgan fingerprint density at radius 1 is 1.50 bits per heavy atom. The van der Waals surface area contributed by atoms with Crippen LogP contribution in [0, 0.1) is 18.8 Å². The van der Waals surface area contributed by atoms with Crippen LogP contribution in [0.4, 0.5) is 0 Å². The number of amides is 1. The molecule has 1 aromatic carbocycles. The van der Waals surface area contributed by atoms with Crippen LogP contribution in [0.15, 0.2) is 18.2 Å². The first-order valence-corrected chi connectivity index (χ1v) is 5.12. The number of aryl methyl sites for hydroxylation is 1. The van der Waals surface area contributed by atoms with E-state index in [2.05, 4.69) is 17.2 Å². The van der Waals surface area contributed by atoms with Crippen molar-refractivity contribution in [1.82, 2.24) is 5.32 Å². The van der Waals surface area contributed by atoms with Crippen LogP contribution in [0.25, 0.3) is 0 Å². The van der Waals surface area contributed by atoms with Gasteiger partial charge >= 0.3 is 0 Å². The summed E-state index contributed by atoms with van der Waals surface area (Å²) in [6.07, 6.45) is 0.620. The first kappa shape index (κ1) is 12.1. The predicted molar refractivity (Wildman–Crippen MR) is 63.2 cm³/mol. The highest BCUT2D eigenvalue weighted by Crippen LogP contribution is 2.17. The summed E-state index contributed by atoms with van der Waals surface area (Å²) in [5, 5.41) is 12.2. The van der Waals surface area contributed by atoms with Crippen LogP contribution < -0.4 is 5.32 Å². The Labute approximate surface area is 95.5 Å². The lowest BCUT2D eigenvalue weighted by molar-refractivity contribution is 0.0952. The third-order valence-corrected chi connectivity index (χ3v) is 2.11. The van der Waals surface area contributed by atoms with E-state index in [4.69, 9.17) is 0 Å². The Morgan fingerprint density at radius 2 is 2.25 bits per heavy atom. The first-order chi connectivity index (χ1) is 7.65. The molecule has 0 saturated heterocycles. The molecule has 0 saturated carbocycles. The number of hydrogen-bond acceptors (Lipinski definition) is 2. The predicted octanol–water partition coefficient (Wildman–Crippen LogP) is 1.84. The maximum atomic E-state index is 11.7. The molecule has 1 amide bonds. The molecule has 0 aliphatic heterocycles. The van der Waals surface area contributed by atoms with E-state index in [1.54, 1.807) is 19.1 Å². The zero-order valence-corrected chi connectivity index (χ0v) is 9.50. The number of phenolic OH excluding ortho intramolecular Hbond substituents is 1. The van der Waals surface area contributed by atoms with E-state index in [0.717, 1.165) is 5.56 Å². The molecule has 84 valence electrons. The minimum atomic E-state index is -0.265. The van der Waals surface area contributed by atoms with E-state index in [9.17, 15) is 9.90 Å². The Kier molecular flexibility index (Phi) is 4.41. The van der Waals surface area contributed by atoms with Crippen molar-refractivity contribution in [2.75, 3.05) is 6.54 Å². The summed E-state index contributed by atoms with van der Waals surface area (Å²) in [6.45, 7) is 4.13. The largest absolute Gasteiger partial charge is 0.507 e. The quantitative estimate of drug-likeness (QED) is 0.599. The van der Waals surface area contributed by atoms with Crippen LogP contribution >= 0.6 is 0 Å². The Bertz CT molecular complexity index is 441. The molecule has 0 spiro atoms. The molecule has 0 atom stereocenters. The van der Waals surface area contributed by atoms with Crippen molar-refractivity contribution in [3.05, 3.63) is 29.3 Å². The molecular formula is C13H15NO2. The minimum absolute atomic E-state index is 0.00433. The van der Waals surface area contributed by atoms with Crippen molar-refractivity contribution in [2.24, 2.45) is 0 Å². The topological polar surface area (TPSA) is 49.3 Å². The zero-order chi connectivity index (χ0) is 12.0. The van der Waals surface area contributed by atoms with E-state index in [1.165, 1.54) is 6.07 Å². The van der Waals surface area contributed by atoms with Crippen LogP contribution in [-0.2, 0) is 0 Å². The van der Waals surface area contributed by atoms with E-state index in [1.807, 2.05) is 6.92 Å². The van der Waals surface area contributed by atoms with Gasteiger partial charge in [0.05, 0.1) is 5.56 Å². The van der Waals surface area contributed by atoms with Crippen molar-refractivity contribution in [1.29, 1.82) is 0 Å². The number of aromatic hydroxyl groups is 1. The highest BCUT2D eigenvalue weighted by Gasteiger charge is 2.09. The molecule has 0 radical (unpaired) electrons. The van der Waals surface area contributed by atoms with Gasteiger partial charge in [-0.15, -0.1) is 11.8 Å². The van der Waals surface area contributed by atoms with Gasteiger partial charge in [-0.3, -0.25) is 4.79 Å². The van der Waals surface area contributed by atoms with E-state index in [0.29, 0.717) is 18.5 Å². The maximum Gasteiger partial charge on any atom is 0.255 e. The zero-order valence-electron chi connectivity index (χ0n) is 9.50. The van der Waals surface area contributed by atoms with Gasteiger partial charge < -0.3 is 10.4 Å². The van der Waals surface area contributed by atoms with Crippen molar-refractivity contribution < 1.29 is 9.90 Å². The highest BCUT2D eigenvalue weighted by atomic mass is 16.3. The van der Waals surface area contributed by atoms with Crippen molar-refractivity contribution >= 4 is 5.91 Å². The van der Waals surface area contributed by atoms with Crippen LogP contribution in [0.5, 0.6) is 5.75 Å². The smallest absolute Gasteiger partial charge is 0.255 e. The lowest BCUT2D eigenvalue weighted by Crippen LogP contribution is -2.24. The van der Waals surface area contributed by atoms with Gasteiger partial charge in [0, 0.05) is 13.0 Å². The summed E-state index contributed by atoms with van der Waals surface area (Å²) in [5.41, 5.74) is 1.25. The first-order valence-electron chi connectivity index (χ1n) is 5.12. The van der Waals surface area contributed by atoms with Crippen LogP contribution in [0.2, 0.25) is 0 Å². The molecule has 0 aromatic heterocycles. The van der Waals surface area contributed by atoms with Crippen LogP contribution in [0.1, 0.15) is 29.3 Å². The minimum Gasteiger partial charge on any atom is -0.507 e. The number of carbonyl (C=O) groups excluding carboxylic acids is 1. The molecule has 0 aliphatic carbocycles. The van der Waals surface area contributed by atoms with Crippen molar-refractivity contribution in [3.63, 3.8) is 0 Å². The Morgan fingerprint density at radius 3 is 2.94 bits per heavy atom. The average Bonchev–Trinajstić information content (AvgIpc) is 2.27. The monoisotopic (exact) mass is 217 g/mol. The van der Waals surface area contributed by atoms with E-state index >= 15 is 0 Å². The third kappa shape index (κ3) is 3.32. The number of carbonyl (C=O) groups is 1. The SMILES string of the molecule is CC#CCCNC(=O)c1cc(C)ccc1O. The molecule has 0 fully saturated rings. The summed E-state index contributed by atoms with van der Waals surface area (Å²) in [7, 11) is 0. The molecule has 1 rings (SSSR count). The van der Waals surface area contributed by atoms with Gasteiger partial charge in [-0.05, 0) is 26.0 Å². The Balaban J connectivity index is 2.64. The van der Waals surface area contributed by atoms with Crippen molar-refractivity contribution in [2.45, 2.75) is 20.3 Å². The number of phenols is 1. The number of benzene rings is 1. The summed E-state index contributed by atoms with van der Waals surface area (Å²) < 4.78 is 0. The second-order valence-electron chi connectivity index (χ2n) is 3.45. The summed E-state index contributed by atoms with van der Waals surface area (Å²) in [6, 6.07) is 4.95. The van der Waals surface area contributed by atoms with Gasteiger partial charge in [-0.25, -0.2) is 0 Å². The fourth-order valence-corrected chi connectivity index (χ4v) is 1.29. The second-order valence-corrected chi connectivity index (χ2v) is 3.45. The van der Waals surface area contributed by atoms with Gasteiger partial charge in [0.1, 0.15) is 5.75 Å². The van der Waals surface area contributed by atoms with Gasteiger partial charge in [0.25, 0.3) is 5.91 Å². The molecule has 0 unspecified atom stereocenters. The molecular weight excluding hydrogens is 202 g/mol. The molecule has 16 heavy (non-hydrogen) atoms. The molecule has 3 nitrogen and oxygen atoms in total. The average molecular weight is 217 g/mol. The number of hydrogen-bond donors (Lipinski definition) is 2. The summed E-state index contributed by atoms with van der Waals surface area (Å²) >= 11 is 0. The molecule has 0 bridgehead atoms. The van der Waals surface area contributed by atoms with Gasteiger partial charge in [0.15, 0.2) is 0 Å². The number of rotatable bonds is 3. The molecule has 3 heteroatoms. The van der Waals surface area contributed by atoms with Gasteiger partial charge in [-0.1, -0.05) is 11.6 Å². The lowest BCUT2D eigenvalue weighted by atomic mass is 10.1. The fourth-order valence-electron chi connectivity index (χ4n) is 1.29. The van der Waals surface area contributed by atoms with Crippen LogP contribution in [-0.4, -0.2) is 17.6 Å². The fraction of sp³-hybridized carbons (Fsp3) is 0.308. The lowest BCUT2D eigenvalue weighted by Gasteiger charge is -2.06. The van der Waals surface area contributed by atoms with Crippen molar-refractivity contribution in [3.8, 4) is 17.6 Å². The van der Waals surface area contributed by atoms with Gasteiger partial charge in [0.2, 0.25) is 0 Å². The van der Waals surface area contributed by atoms with Gasteiger partial charge in [-0.2, -0.15) is 0 Å². The number of nitrogens with one attached hydrogen (secondary N) is 1. The third-order valence-electron chi connectivity index (χ3n) is 2.11. The summed E-state index contributed by atoms with van der Waals surface area (Å²) in [4.78, 5) is 11.7. The molecule has 1 aromatic rings. The molecule has 0 heterocycles. The van der Waals surface area contributed by atoms with E-state index in [-0.39, 0.29) is 11.7 Å².